The zero-order chi connectivity index (χ0) is 24.9. The van der Waals surface area contributed by atoms with Gasteiger partial charge in [0, 0.05) is 34.8 Å². The first kappa shape index (κ1) is 24.8. The molecule has 1 aromatic heterocycles. The zero-order valence-electron chi connectivity index (χ0n) is 19.8. The van der Waals surface area contributed by atoms with Crippen LogP contribution in [0.3, 0.4) is 0 Å². The average molecular weight is 524 g/mol. The molecule has 0 aliphatic carbocycles. The Morgan fingerprint density at radius 2 is 1.86 bits per heavy atom. The van der Waals surface area contributed by atoms with E-state index in [2.05, 4.69) is 4.98 Å². The summed E-state index contributed by atoms with van der Waals surface area (Å²) < 4.78 is 5.64. The lowest BCUT2D eigenvalue weighted by atomic mass is 10.1. The van der Waals surface area contributed by atoms with E-state index in [1.54, 1.807) is 27.8 Å². The van der Waals surface area contributed by atoms with Crippen molar-refractivity contribution in [2.45, 2.75) is 54.2 Å². The van der Waals surface area contributed by atoms with E-state index in [9.17, 15) is 14.7 Å². The van der Waals surface area contributed by atoms with E-state index in [1.165, 1.54) is 11.3 Å². The molecule has 2 aliphatic rings. The van der Waals surface area contributed by atoms with Gasteiger partial charge in [0.05, 0.1) is 6.04 Å². The predicted molar refractivity (Wildman–Crippen MR) is 140 cm³/mol. The molecular weight excluding hydrogens is 494 g/mol. The average Bonchev–Trinajstić information content (AvgIpc) is 3.69. The molecular formula is C27H29N3O4S2. The Labute approximate surface area is 219 Å². The molecule has 0 radical (unpaired) electrons. The Hall–Kier alpha value is -2.88. The molecule has 188 valence electrons. The van der Waals surface area contributed by atoms with Gasteiger partial charge < -0.3 is 14.7 Å². The molecule has 1 unspecified atom stereocenters. The predicted octanol–water partition coefficient (Wildman–Crippen LogP) is 4.74. The number of hydrogen-bond acceptors (Lipinski definition) is 7. The van der Waals surface area contributed by atoms with Crippen molar-refractivity contribution in [2.75, 3.05) is 13.1 Å². The second-order valence-electron chi connectivity index (χ2n) is 9.05. The molecule has 2 amide bonds. The van der Waals surface area contributed by atoms with E-state index in [4.69, 9.17) is 4.74 Å². The van der Waals surface area contributed by atoms with Crippen LogP contribution in [0.5, 0.6) is 0 Å². The van der Waals surface area contributed by atoms with Gasteiger partial charge in [-0.3, -0.25) is 9.69 Å². The summed E-state index contributed by atoms with van der Waals surface area (Å²) in [7, 11) is 0. The molecule has 7 nitrogen and oxygen atoms in total. The van der Waals surface area contributed by atoms with Crippen LogP contribution in [0.25, 0.3) is 0 Å². The number of thioether (sulfide) groups is 1. The molecule has 2 saturated heterocycles. The van der Waals surface area contributed by atoms with Crippen LogP contribution in [0.4, 0.5) is 4.79 Å². The van der Waals surface area contributed by atoms with Gasteiger partial charge in [-0.05, 0) is 37.0 Å². The molecule has 1 N–H and O–H groups in total. The van der Waals surface area contributed by atoms with Crippen LogP contribution >= 0.6 is 23.1 Å². The van der Waals surface area contributed by atoms with Crippen molar-refractivity contribution < 1.29 is 19.4 Å². The molecule has 3 aromatic rings. The van der Waals surface area contributed by atoms with Crippen LogP contribution in [-0.4, -0.2) is 62.3 Å². The Kier molecular flexibility index (Phi) is 7.89. The fraction of sp³-hybridized carbons (Fsp3) is 0.370. The molecule has 36 heavy (non-hydrogen) atoms. The highest BCUT2D eigenvalue weighted by Crippen LogP contribution is 2.37. The van der Waals surface area contributed by atoms with Crippen LogP contribution in [0.1, 0.15) is 35.9 Å². The molecule has 4 atom stereocenters. The first-order valence-electron chi connectivity index (χ1n) is 12.2. The second-order valence-corrected chi connectivity index (χ2v) is 11.4. The molecule has 0 spiro atoms. The summed E-state index contributed by atoms with van der Waals surface area (Å²) >= 11 is 3.07. The molecule has 2 aromatic carbocycles. The number of benzene rings is 2. The number of nitrogens with zero attached hydrogens (tertiary/aromatic N) is 3. The molecule has 2 fully saturated rings. The highest BCUT2D eigenvalue weighted by Gasteiger charge is 2.46. The summed E-state index contributed by atoms with van der Waals surface area (Å²) in [6, 6.07) is 18.6. The van der Waals surface area contributed by atoms with Crippen LogP contribution in [0, 0.1) is 0 Å². The number of carbonyl (C=O) groups excluding carboxylic acids is 2. The van der Waals surface area contributed by atoms with Crippen molar-refractivity contribution in [1.82, 2.24) is 14.8 Å². The number of aliphatic hydroxyl groups is 1. The van der Waals surface area contributed by atoms with Gasteiger partial charge in [0.15, 0.2) is 0 Å². The van der Waals surface area contributed by atoms with Gasteiger partial charge in [-0.1, -0.05) is 48.5 Å². The second kappa shape index (κ2) is 11.5. The van der Waals surface area contributed by atoms with Gasteiger partial charge in [0.2, 0.25) is 5.91 Å². The number of thiazole rings is 1. The fourth-order valence-corrected chi connectivity index (χ4v) is 6.84. The largest absolute Gasteiger partial charge is 0.445 e. The Morgan fingerprint density at radius 3 is 2.58 bits per heavy atom. The maximum atomic E-state index is 13.9. The van der Waals surface area contributed by atoms with E-state index in [-0.39, 0.29) is 23.8 Å². The summed E-state index contributed by atoms with van der Waals surface area (Å²) in [5, 5.41) is 13.5. The number of rotatable bonds is 7. The molecule has 5 rings (SSSR count). The molecule has 9 heteroatoms. The van der Waals surface area contributed by atoms with Crippen LogP contribution in [-0.2, 0) is 16.1 Å². The lowest BCUT2D eigenvalue weighted by Crippen LogP contribution is -2.50. The van der Waals surface area contributed by atoms with Gasteiger partial charge in [0.1, 0.15) is 23.8 Å². The maximum absolute atomic E-state index is 13.9. The Balaban J connectivity index is 1.32. The summed E-state index contributed by atoms with van der Waals surface area (Å²) in [6.07, 6.45) is 2.41. The number of aliphatic hydroxyl groups excluding tert-OH is 1. The highest BCUT2D eigenvalue weighted by molar-refractivity contribution is 8.00. The van der Waals surface area contributed by atoms with Crippen LogP contribution < -0.4 is 0 Å². The van der Waals surface area contributed by atoms with Crippen molar-refractivity contribution in [3.05, 3.63) is 82.8 Å². The van der Waals surface area contributed by atoms with E-state index < -0.39 is 18.2 Å². The fourth-order valence-electron chi connectivity index (χ4n) is 4.94. The third-order valence-electron chi connectivity index (χ3n) is 6.68. The third kappa shape index (κ3) is 5.58. The number of hydrogen-bond donors (Lipinski definition) is 1. The Morgan fingerprint density at radius 1 is 1.11 bits per heavy atom. The van der Waals surface area contributed by atoms with E-state index >= 15 is 0 Å². The van der Waals surface area contributed by atoms with Gasteiger partial charge in [-0.15, -0.1) is 23.1 Å². The smallest absolute Gasteiger partial charge is 0.410 e. The summed E-state index contributed by atoms with van der Waals surface area (Å²) in [5.41, 5.74) is 0.898. The molecule has 2 aliphatic heterocycles. The lowest BCUT2D eigenvalue weighted by molar-refractivity contribution is -0.138. The van der Waals surface area contributed by atoms with E-state index in [0.717, 1.165) is 16.9 Å². The lowest BCUT2D eigenvalue weighted by Gasteiger charge is -2.32. The summed E-state index contributed by atoms with van der Waals surface area (Å²) in [6.45, 7) is 1.14. The topological polar surface area (TPSA) is 83.0 Å². The quantitative estimate of drug-likeness (QED) is 0.482. The molecule has 3 heterocycles. The van der Waals surface area contributed by atoms with Gasteiger partial charge in [0.25, 0.3) is 0 Å². The Bertz CT molecular complexity index is 1150. The van der Waals surface area contributed by atoms with Crippen molar-refractivity contribution in [3.63, 3.8) is 0 Å². The third-order valence-corrected chi connectivity index (χ3v) is 8.75. The summed E-state index contributed by atoms with van der Waals surface area (Å²) in [5.74, 6) is -0.124. The summed E-state index contributed by atoms with van der Waals surface area (Å²) in [4.78, 5) is 35.8. The number of aromatic nitrogens is 1. The monoisotopic (exact) mass is 523 g/mol. The normalized spacial score (nSPS) is 22.5. The molecule has 0 bridgehead atoms. The molecule has 0 saturated carbocycles. The van der Waals surface area contributed by atoms with E-state index in [0.29, 0.717) is 30.9 Å². The first-order valence-corrected chi connectivity index (χ1v) is 13.9. The SMILES string of the molecule is O=C(OCc1ccccc1)N1C[C@H](Sc2ccccc2)C[C@H]1C(=O)N1CCC[C@H]1C(O)c1nccs1. The van der Waals surface area contributed by atoms with Gasteiger partial charge >= 0.3 is 6.09 Å². The van der Waals surface area contributed by atoms with Gasteiger partial charge in [-0.2, -0.15) is 0 Å². The number of carbonyl (C=O) groups is 2. The van der Waals surface area contributed by atoms with Crippen LogP contribution in [0.2, 0.25) is 0 Å². The first-order chi connectivity index (χ1) is 17.6. The standard InChI is InChI=1S/C27H29N3O4S2/c31-24(25-28-13-15-35-25)22-12-7-14-29(22)26(32)23-16-21(36-20-10-5-2-6-11-20)17-30(23)27(33)34-18-19-8-3-1-4-9-19/h1-6,8-11,13,15,21-24,31H,7,12,14,16-18H2/t21-,22+,23+,24?/m1/s1. The van der Waals surface area contributed by atoms with Crippen molar-refractivity contribution >= 4 is 35.1 Å². The number of likely N-dealkylation sites (tertiary alicyclic amines) is 2. The highest BCUT2D eigenvalue weighted by atomic mass is 32.2. The van der Waals surface area contributed by atoms with Crippen molar-refractivity contribution in [2.24, 2.45) is 0 Å². The minimum atomic E-state index is -0.828. The zero-order valence-corrected chi connectivity index (χ0v) is 21.4. The number of amides is 2. The van der Waals surface area contributed by atoms with E-state index in [1.807, 2.05) is 66.0 Å². The van der Waals surface area contributed by atoms with Crippen molar-refractivity contribution in [3.8, 4) is 0 Å². The van der Waals surface area contributed by atoms with Crippen molar-refractivity contribution in [1.29, 1.82) is 0 Å². The minimum absolute atomic E-state index is 0.0653. The number of ether oxygens (including phenoxy) is 1. The van der Waals surface area contributed by atoms with Crippen LogP contribution in [0.15, 0.2) is 77.1 Å². The minimum Gasteiger partial charge on any atom is -0.445 e. The van der Waals surface area contributed by atoms with Gasteiger partial charge in [-0.25, -0.2) is 9.78 Å². The maximum Gasteiger partial charge on any atom is 0.410 e.